The third-order valence-electron chi connectivity index (χ3n) is 2.46. The molecule has 0 saturated carbocycles. The second kappa shape index (κ2) is 7.31. The lowest BCUT2D eigenvalue weighted by Crippen LogP contribution is -2.12. The summed E-state index contributed by atoms with van der Waals surface area (Å²) in [6.07, 6.45) is 1.31. The first kappa shape index (κ1) is 15.6. The number of anilines is 1. The summed E-state index contributed by atoms with van der Waals surface area (Å²) in [5.74, 6) is -0.0845. The van der Waals surface area contributed by atoms with E-state index < -0.39 is 5.91 Å². The van der Waals surface area contributed by atoms with Crippen LogP contribution in [-0.2, 0) is 4.74 Å². The van der Waals surface area contributed by atoms with E-state index >= 15 is 0 Å². The molecule has 8 heteroatoms. The van der Waals surface area contributed by atoms with Gasteiger partial charge < -0.3 is 19.3 Å². The number of carbonyl (C=O) groups excluding carboxylic acids is 1. The van der Waals surface area contributed by atoms with Gasteiger partial charge in [-0.2, -0.15) is 0 Å². The molecule has 112 valence electrons. The minimum atomic E-state index is -0.427. The number of hydrogen-bond donors (Lipinski definition) is 1. The fourth-order valence-corrected chi connectivity index (χ4v) is 2.12. The second-order valence-electron chi connectivity index (χ2n) is 3.95. The van der Waals surface area contributed by atoms with Crippen molar-refractivity contribution in [2.75, 3.05) is 25.6 Å². The van der Waals surface area contributed by atoms with Crippen molar-refractivity contribution in [3.8, 4) is 5.75 Å². The monoisotopic (exact) mass is 330 g/mol. The van der Waals surface area contributed by atoms with Crippen LogP contribution in [0.2, 0.25) is 10.0 Å². The van der Waals surface area contributed by atoms with E-state index in [1.165, 1.54) is 24.5 Å². The van der Waals surface area contributed by atoms with Crippen LogP contribution >= 0.6 is 23.2 Å². The number of nitrogens with one attached hydrogen (secondary N) is 1. The first-order valence-electron chi connectivity index (χ1n) is 5.94. The summed E-state index contributed by atoms with van der Waals surface area (Å²) in [5.41, 5.74) is 0.583. The summed E-state index contributed by atoms with van der Waals surface area (Å²) in [4.78, 5) is 11.8. The number of halogens is 2. The van der Waals surface area contributed by atoms with Gasteiger partial charge in [0.2, 0.25) is 0 Å². The smallest absolute Gasteiger partial charge is 0.277 e. The third-order valence-corrected chi connectivity index (χ3v) is 3.02. The quantitative estimate of drug-likeness (QED) is 0.823. The van der Waals surface area contributed by atoms with Crippen LogP contribution < -0.4 is 10.1 Å². The average Bonchev–Trinajstić information content (AvgIpc) is 2.96. The highest BCUT2D eigenvalue weighted by atomic mass is 35.5. The number of carbonyl (C=O) groups is 1. The van der Waals surface area contributed by atoms with Crippen molar-refractivity contribution in [3.05, 3.63) is 40.2 Å². The Labute approximate surface area is 130 Å². The van der Waals surface area contributed by atoms with Crippen molar-refractivity contribution in [3.63, 3.8) is 0 Å². The molecule has 0 atom stereocenters. The zero-order valence-corrected chi connectivity index (χ0v) is 12.6. The fourth-order valence-electron chi connectivity index (χ4n) is 1.52. The Morgan fingerprint density at radius 2 is 2.05 bits per heavy atom. The maximum absolute atomic E-state index is 11.8. The zero-order valence-electron chi connectivity index (χ0n) is 11.1. The van der Waals surface area contributed by atoms with Gasteiger partial charge in [0, 0.05) is 18.9 Å². The number of ether oxygens (including phenoxy) is 2. The Hall–Kier alpha value is -1.76. The highest BCUT2D eigenvalue weighted by molar-refractivity contribution is 6.37. The van der Waals surface area contributed by atoms with E-state index in [0.717, 1.165) is 0 Å². The molecule has 1 aromatic heterocycles. The number of rotatable bonds is 6. The Bertz CT molecular complexity index is 594. The molecule has 2 rings (SSSR count). The van der Waals surface area contributed by atoms with Gasteiger partial charge >= 0.3 is 0 Å². The highest BCUT2D eigenvalue weighted by Gasteiger charge is 2.13. The Morgan fingerprint density at radius 1 is 1.33 bits per heavy atom. The number of methoxy groups -OCH3 is 1. The topological polar surface area (TPSA) is 73.6 Å². The van der Waals surface area contributed by atoms with Crippen LogP contribution in [0.3, 0.4) is 0 Å². The third kappa shape index (κ3) is 4.10. The fraction of sp³-hybridized carbons (Fsp3) is 0.231. The summed E-state index contributed by atoms with van der Waals surface area (Å²) in [5, 5.41) is 6.72. The largest absolute Gasteiger partial charge is 0.488 e. The van der Waals surface area contributed by atoms with Crippen molar-refractivity contribution in [2.45, 2.75) is 0 Å². The molecular formula is C13H12Cl2N2O4. The molecule has 2 aromatic rings. The van der Waals surface area contributed by atoms with E-state index in [4.69, 9.17) is 32.7 Å². The van der Waals surface area contributed by atoms with Crippen molar-refractivity contribution in [1.29, 1.82) is 0 Å². The van der Waals surface area contributed by atoms with E-state index in [-0.39, 0.29) is 15.7 Å². The van der Waals surface area contributed by atoms with Crippen molar-refractivity contribution in [1.82, 2.24) is 5.16 Å². The molecule has 6 nitrogen and oxygen atoms in total. The lowest BCUT2D eigenvalue weighted by atomic mass is 10.3. The second-order valence-corrected chi connectivity index (χ2v) is 4.76. The number of benzene rings is 1. The van der Waals surface area contributed by atoms with Crippen LogP contribution in [0.1, 0.15) is 10.5 Å². The first-order valence-corrected chi connectivity index (χ1v) is 6.70. The SMILES string of the molecule is COCCOc1c(Cl)cc(NC(=O)c2ccon2)cc1Cl. The predicted octanol–water partition coefficient (Wildman–Crippen LogP) is 3.26. The van der Waals surface area contributed by atoms with Crippen LogP contribution in [0.5, 0.6) is 5.75 Å². The molecule has 1 aromatic carbocycles. The van der Waals surface area contributed by atoms with Crippen LogP contribution in [0.25, 0.3) is 0 Å². The Balaban J connectivity index is 2.10. The molecule has 21 heavy (non-hydrogen) atoms. The zero-order chi connectivity index (χ0) is 15.2. The van der Waals surface area contributed by atoms with E-state index in [2.05, 4.69) is 15.0 Å². The predicted molar refractivity (Wildman–Crippen MR) is 78.3 cm³/mol. The van der Waals surface area contributed by atoms with Gasteiger partial charge in [0.25, 0.3) is 5.91 Å². The molecular weight excluding hydrogens is 319 g/mol. The number of hydrogen-bond acceptors (Lipinski definition) is 5. The number of aromatic nitrogens is 1. The molecule has 0 saturated heterocycles. The van der Waals surface area contributed by atoms with Gasteiger partial charge in [-0.05, 0) is 12.1 Å². The Kier molecular flexibility index (Phi) is 5.44. The summed E-state index contributed by atoms with van der Waals surface area (Å²) in [6, 6.07) is 4.52. The lowest BCUT2D eigenvalue weighted by molar-refractivity contribution is 0.101. The average molecular weight is 331 g/mol. The molecule has 0 aliphatic rings. The molecule has 0 bridgehead atoms. The summed E-state index contributed by atoms with van der Waals surface area (Å²) >= 11 is 12.2. The molecule has 0 radical (unpaired) electrons. The minimum Gasteiger partial charge on any atom is -0.488 e. The van der Waals surface area contributed by atoms with Gasteiger partial charge in [-0.15, -0.1) is 0 Å². The van der Waals surface area contributed by atoms with Crippen LogP contribution in [0.4, 0.5) is 5.69 Å². The maximum atomic E-state index is 11.8. The summed E-state index contributed by atoms with van der Waals surface area (Å²) in [6.45, 7) is 0.734. The first-order chi connectivity index (χ1) is 10.1. The summed E-state index contributed by atoms with van der Waals surface area (Å²) < 4.78 is 14.9. The molecule has 0 aliphatic carbocycles. The van der Waals surface area contributed by atoms with Crippen molar-refractivity contribution in [2.24, 2.45) is 0 Å². The van der Waals surface area contributed by atoms with Crippen molar-refractivity contribution < 1.29 is 18.8 Å². The maximum Gasteiger partial charge on any atom is 0.277 e. The van der Waals surface area contributed by atoms with E-state index in [1.807, 2.05) is 0 Å². The van der Waals surface area contributed by atoms with E-state index in [9.17, 15) is 4.79 Å². The van der Waals surface area contributed by atoms with Gasteiger partial charge in [0.05, 0.1) is 16.7 Å². The molecule has 1 heterocycles. The van der Waals surface area contributed by atoms with E-state index in [0.29, 0.717) is 24.7 Å². The molecule has 0 unspecified atom stereocenters. The van der Waals surface area contributed by atoms with Gasteiger partial charge in [0.1, 0.15) is 12.9 Å². The standard InChI is InChI=1S/C13H12Cl2N2O4/c1-19-4-5-20-12-9(14)6-8(7-10(12)15)16-13(18)11-2-3-21-17-11/h2-3,6-7H,4-5H2,1H3,(H,16,18). The van der Waals surface area contributed by atoms with Crippen LogP contribution in [-0.4, -0.2) is 31.4 Å². The molecule has 1 N–H and O–H groups in total. The van der Waals surface area contributed by atoms with Gasteiger partial charge in [-0.3, -0.25) is 4.79 Å². The van der Waals surface area contributed by atoms with Crippen LogP contribution in [0, 0.1) is 0 Å². The normalized spacial score (nSPS) is 10.4. The molecule has 0 spiro atoms. The highest BCUT2D eigenvalue weighted by Crippen LogP contribution is 2.36. The molecule has 0 aliphatic heterocycles. The van der Waals surface area contributed by atoms with Gasteiger partial charge in [-0.1, -0.05) is 28.4 Å². The summed E-state index contributed by atoms with van der Waals surface area (Å²) in [7, 11) is 1.56. The molecule has 1 amide bonds. The van der Waals surface area contributed by atoms with Gasteiger partial charge in [-0.25, -0.2) is 0 Å². The van der Waals surface area contributed by atoms with Crippen molar-refractivity contribution >= 4 is 34.8 Å². The van der Waals surface area contributed by atoms with Crippen LogP contribution in [0.15, 0.2) is 29.0 Å². The number of nitrogens with zero attached hydrogens (tertiary/aromatic N) is 1. The van der Waals surface area contributed by atoms with E-state index in [1.54, 1.807) is 7.11 Å². The number of amides is 1. The minimum absolute atomic E-state index is 0.155. The molecule has 0 fully saturated rings. The Morgan fingerprint density at radius 3 is 2.62 bits per heavy atom. The lowest BCUT2D eigenvalue weighted by Gasteiger charge is -2.11. The van der Waals surface area contributed by atoms with Gasteiger partial charge in [0.15, 0.2) is 11.4 Å².